The number of aryl methyl sites for hydroxylation is 2. The molecule has 0 aliphatic rings. The van der Waals surface area contributed by atoms with E-state index in [1.165, 1.54) is 35.4 Å². The van der Waals surface area contributed by atoms with Crippen LogP contribution in [-0.4, -0.2) is 36.9 Å². The van der Waals surface area contributed by atoms with E-state index in [-0.39, 0.29) is 29.4 Å². The molecule has 4 aromatic rings. The molecule has 0 aliphatic carbocycles. The van der Waals surface area contributed by atoms with E-state index in [0.29, 0.717) is 17.1 Å². The monoisotopic (exact) mass is 493 g/mol. The SMILES string of the molecule is COc1cc(/C=N/Nc2nc3c(c(=O)n(C)c(=O)n3C)n2C)ccc1OCc1ccc([N+](=O)[O-])cc1. The molecule has 4 rings (SSSR count). The maximum atomic E-state index is 12.5. The minimum absolute atomic E-state index is 0.0127. The van der Waals surface area contributed by atoms with Crippen LogP contribution in [0.3, 0.4) is 0 Å². The third kappa shape index (κ3) is 4.53. The van der Waals surface area contributed by atoms with Crippen LogP contribution >= 0.6 is 0 Å². The van der Waals surface area contributed by atoms with Crippen LogP contribution in [0.5, 0.6) is 11.5 Å². The number of hydrogen-bond donors (Lipinski definition) is 1. The molecule has 2 heterocycles. The molecule has 0 atom stereocenters. The maximum Gasteiger partial charge on any atom is 0.332 e. The number of benzene rings is 2. The number of hydrogen-bond acceptors (Lipinski definition) is 9. The van der Waals surface area contributed by atoms with E-state index < -0.39 is 16.2 Å². The summed E-state index contributed by atoms with van der Waals surface area (Å²) in [5, 5.41) is 15.0. The predicted molar refractivity (Wildman–Crippen MR) is 133 cm³/mol. The molecule has 0 unspecified atom stereocenters. The number of ether oxygens (including phenoxy) is 2. The number of fused-ring (bicyclic) bond motifs is 1. The van der Waals surface area contributed by atoms with E-state index in [0.717, 1.165) is 10.1 Å². The van der Waals surface area contributed by atoms with Gasteiger partial charge in [-0.2, -0.15) is 10.1 Å². The average Bonchev–Trinajstić information content (AvgIpc) is 3.21. The zero-order chi connectivity index (χ0) is 26.0. The minimum atomic E-state index is -0.469. The van der Waals surface area contributed by atoms with Gasteiger partial charge >= 0.3 is 5.69 Å². The van der Waals surface area contributed by atoms with Gasteiger partial charge in [-0.05, 0) is 41.5 Å². The zero-order valence-corrected chi connectivity index (χ0v) is 20.0. The summed E-state index contributed by atoms with van der Waals surface area (Å²) in [6.45, 7) is 0.206. The number of hydrazone groups is 1. The number of nitro benzene ring substituents is 1. The van der Waals surface area contributed by atoms with Gasteiger partial charge in [-0.1, -0.05) is 0 Å². The molecular formula is C23H23N7O6. The van der Waals surface area contributed by atoms with Crippen molar-refractivity contribution in [1.29, 1.82) is 0 Å². The molecule has 0 aliphatic heterocycles. The summed E-state index contributed by atoms with van der Waals surface area (Å²) in [7, 11) is 6.12. The first-order valence-electron chi connectivity index (χ1n) is 10.7. The van der Waals surface area contributed by atoms with Crippen LogP contribution in [0.2, 0.25) is 0 Å². The first-order chi connectivity index (χ1) is 17.2. The number of rotatable bonds is 8. The van der Waals surface area contributed by atoms with Crippen molar-refractivity contribution in [3.05, 3.63) is 84.5 Å². The van der Waals surface area contributed by atoms with Crippen LogP contribution in [0.4, 0.5) is 11.6 Å². The van der Waals surface area contributed by atoms with Crippen molar-refractivity contribution in [3.63, 3.8) is 0 Å². The lowest BCUT2D eigenvalue weighted by Crippen LogP contribution is -2.37. The van der Waals surface area contributed by atoms with Gasteiger partial charge in [-0.15, -0.1) is 0 Å². The summed E-state index contributed by atoms with van der Waals surface area (Å²) in [6.07, 6.45) is 1.54. The Kier molecular flexibility index (Phi) is 6.54. The molecule has 36 heavy (non-hydrogen) atoms. The fraction of sp³-hybridized carbons (Fsp3) is 0.217. The molecular weight excluding hydrogens is 470 g/mol. The number of non-ortho nitro benzene ring substituents is 1. The molecule has 0 bridgehead atoms. The maximum absolute atomic E-state index is 12.5. The van der Waals surface area contributed by atoms with Crippen LogP contribution in [0.1, 0.15) is 11.1 Å². The third-order valence-electron chi connectivity index (χ3n) is 5.58. The Balaban J connectivity index is 1.49. The van der Waals surface area contributed by atoms with E-state index in [1.807, 2.05) is 0 Å². The van der Waals surface area contributed by atoms with Gasteiger partial charge < -0.3 is 14.0 Å². The number of methoxy groups -OCH3 is 1. The molecule has 0 radical (unpaired) electrons. The van der Waals surface area contributed by atoms with Crippen LogP contribution in [0.25, 0.3) is 11.2 Å². The molecule has 0 fully saturated rings. The quantitative estimate of drug-likeness (QED) is 0.222. The normalized spacial score (nSPS) is 11.2. The van der Waals surface area contributed by atoms with Crippen molar-refractivity contribution in [2.75, 3.05) is 12.5 Å². The van der Waals surface area contributed by atoms with Crippen molar-refractivity contribution >= 4 is 29.0 Å². The summed E-state index contributed by atoms with van der Waals surface area (Å²) in [5.74, 6) is 1.25. The molecule has 0 spiro atoms. The first-order valence-corrected chi connectivity index (χ1v) is 10.7. The highest BCUT2D eigenvalue weighted by Crippen LogP contribution is 2.28. The molecule has 13 heteroatoms. The van der Waals surface area contributed by atoms with E-state index in [2.05, 4.69) is 15.5 Å². The number of aromatic nitrogens is 4. The number of anilines is 1. The summed E-state index contributed by atoms with van der Waals surface area (Å²) in [4.78, 5) is 39.3. The average molecular weight is 493 g/mol. The van der Waals surface area contributed by atoms with Gasteiger partial charge in [0.1, 0.15) is 6.61 Å². The molecule has 0 saturated carbocycles. The Hall–Kier alpha value is -4.94. The number of nitrogens with one attached hydrogen (secondary N) is 1. The van der Waals surface area contributed by atoms with Crippen LogP contribution in [0, 0.1) is 10.1 Å². The fourth-order valence-electron chi connectivity index (χ4n) is 3.54. The van der Waals surface area contributed by atoms with Crippen LogP contribution in [-0.2, 0) is 27.7 Å². The van der Waals surface area contributed by atoms with Crippen molar-refractivity contribution < 1.29 is 14.4 Å². The highest BCUT2D eigenvalue weighted by atomic mass is 16.6. The van der Waals surface area contributed by atoms with Crippen molar-refractivity contribution in [3.8, 4) is 11.5 Å². The number of imidazole rings is 1. The summed E-state index contributed by atoms with van der Waals surface area (Å²) in [5.41, 5.74) is 3.88. The predicted octanol–water partition coefficient (Wildman–Crippen LogP) is 1.91. The van der Waals surface area contributed by atoms with Gasteiger partial charge in [-0.25, -0.2) is 10.2 Å². The lowest BCUT2D eigenvalue weighted by Gasteiger charge is -2.11. The van der Waals surface area contributed by atoms with Crippen molar-refractivity contribution in [1.82, 2.24) is 18.7 Å². The Morgan fingerprint density at radius 1 is 1.06 bits per heavy atom. The summed E-state index contributed by atoms with van der Waals surface area (Å²) in [6, 6.07) is 11.3. The second-order valence-electron chi connectivity index (χ2n) is 7.86. The zero-order valence-electron chi connectivity index (χ0n) is 20.0. The first kappa shape index (κ1) is 24.2. The van der Waals surface area contributed by atoms with Crippen LogP contribution in [0.15, 0.2) is 57.2 Å². The highest BCUT2D eigenvalue weighted by Gasteiger charge is 2.16. The van der Waals surface area contributed by atoms with Gasteiger partial charge in [0.2, 0.25) is 5.95 Å². The van der Waals surface area contributed by atoms with E-state index in [4.69, 9.17) is 9.47 Å². The summed E-state index contributed by atoms with van der Waals surface area (Å²) >= 11 is 0. The van der Waals surface area contributed by atoms with Gasteiger partial charge in [0.25, 0.3) is 11.2 Å². The van der Waals surface area contributed by atoms with Crippen LogP contribution < -0.4 is 26.1 Å². The molecule has 1 N–H and O–H groups in total. The Morgan fingerprint density at radius 2 is 1.78 bits per heavy atom. The van der Waals surface area contributed by atoms with Crippen molar-refractivity contribution in [2.24, 2.45) is 26.2 Å². The van der Waals surface area contributed by atoms with Gasteiger partial charge in [-0.3, -0.25) is 24.0 Å². The second kappa shape index (κ2) is 9.74. The smallest absolute Gasteiger partial charge is 0.332 e. The lowest BCUT2D eigenvalue weighted by atomic mass is 10.2. The summed E-state index contributed by atoms with van der Waals surface area (Å²) < 4.78 is 15.1. The second-order valence-corrected chi connectivity index (χ2v) is 7.86. The standard InChI is InChI=1S/C23H23N7O6/c1-27-19-20(28(2)23(32)29(3)21(19)31)25-22(27)26-24-12-15-7-10-17(18(11-15)35-4)36-13-14-5-8-16(9-6-14)30(33)34/h5-12H,13H2,1-4H3,(H,25,26)/b24-12+. The molecule has 2 aromatic heterocycles. The fourth-order valence-corrected chi connectivity index (χ4v) is 3.54. The molecule has 186 valence electrons. The molecule has 0 amide bonds. The van der Waals surface area contributed by atoms with E-state index in [1.54, 1.807) is 50.6 Å². The van der Waals surface area contributed by atoms with E-state index >= 15 is 0 Å². The topological polar surface area (TPSA) is 148 Å². The highest BCUT2D eigenvalue weighted by molar-refractivity contribution is 5.81. The van der Waals surface area contributed by atoms with Crippen molar-refractivity contribution in [2.45, 2.75) is 6.61 Å². The van der Waals surface area contributed by atoms with Gasteiger partial charge in [0.15, 0.2) is 22.7 Å². The Bertz CT molecular complexity index is 1600. The molecule has 2 aromatic carbocycles. The Labute approximate surface area is 204 Å². The van der Waals surface area contributed by atoms with E-state index in [9.17, 15) is 19.7 Å². The molecule has 0 saturated heterocycles. The number of nitrogens with zero attached hydrogens (tertiary/aromatic N) is 6. The van der Waals surface area contributed by atoms with Gasteiger partial charge in [0, 0.05) is 33.3 Å². The van der Waals surface area contributed by atoms with Gasteiger partial charge in [0.05, 0.1) is 18.2 Å². The lowest BCUT2D eigenvalue weighted by molar-refractivity contribution is -0.384. The molecule has 13 nitrogen and oxygen atoms in total. The largest absolute Gasteiger partial charge is 0.493 e. The number of nitro groups is 1. The third-order valence-corrected chi connectivity index (χ3v) is 5.58. The minimum Gasteiger partial charge on any atom is -0.493 e. The Morgan fingerprint density at radius 3 is 2.44 bits per heavy atom.